The summed E-state index contributed by atoms with van der Waals surface area (Å²) in [4.78, 5) is 28.7. The average molecular weight is 416 g/mol. The Labute approximate surface area is 170 Å². The Morgan fingerprint density at radius 3 is 2.64 bits per heavy atom. The molecule has 3 aromatic rings. The zero-order valence-corrected chi connectivity index (χ0v) is 16.6. The zero-order valence-electron chi connectivity index (χ0n) is 15.0. The van der Waals surface area contributed by atoms with Gasteiger partial charge in [0.15, 0.2) is 6.61 Å². The van der Waals surface area contributed by atoms with Gasteiger partial charge in [0, 0.05) is 22.5 Å². The molecule has 8 heteroatoms. The summed E-state index contributed by atoms with van der Waals surface area (Å²) >= 11 is 3.10. The molecule has 0 saturated heterocycles. The van der Waals surface area contributed by atoms with E-state index in [9.17, 15) is 14.0 Å². The van der Waals surface area contributed by atoms with Crippen LogP contribution in [0.15, 0.2) is 58.3 Å². The highest BCUT2D eigenvalue weighted by atomic mass is 32.2. The number of hydrogen-bond acceptors (Lipinski definition) is 6. The molecule has 0 aliphatic rings. The van der Waals surface area contributed by atoms with Crippen molar-refractivity contribution < 1.29 is 18.7 Å². The Morgan fingerprint density at radius 2 is 1.93 bits per heavy atom. The van der Waals surface area contributed by atoms with E-state index < -0.39 is 24.3 Å². The minimum Gasteiger partial charge on any atom is -0.452 e. The van der Waals surface area contributed by atoms with Gasteiger partial charge < -0.3 is 10.1 Å². The fourth-order valence-electron chi connectivity index (χ4n) is 2.32. The van der Waals surface area contributed by atoms with Crippen LogP contribution in [-0.4, -0.2) is 23.5 Å². The van der Waals surface area contributed by atoms with E-state index in [0.717, 1.165) is 15.6 Å². The summed E-state index contributed by atoms with van der Waals surface area (Å²) in [6.45, 7) is 1.51. The number of benzene rings is 2. The van der Waals surface area contributed by atoms with Gasteiger partial charge in [0.1, 0.15) is 10.2 Å². The largest absolute Gasteiger partial charge is 0.452 e. The van der Waals surface area contributed by atoms with Crippen LogP contribution < -0.4 is 5.32 Å². The third kappa shape index (κ3) is 5.64. The summed E-state index contributed by atoms with van der Waals surface area (Å²) in [5.74, 6) is -0.891. The van der Waals surface area contributed by atoms with Crippen LogP contribution in [0, 0.1) is 12.7 Å². The van der Waals surface area contributed by atoms with Crippen molar-refractivity contribution in [2.75, 3.05) is 11.9 Å². The maximum Gasteiger partial charge on any atom is 0.338 e. The van der Waals surface area contributed by atoms with Crippen LogP contribution in [0.1, 0.15) is 21.6 Å². The Morgan fingerprint density at radius 1 is 1.18 bits per heavy atom. The number of hydrogen-bond donors (Lipinski definition) is 1. The predicted molar refractivity (Wildman–Crippen MR) is 108 cm³/mol. The van der Waals surface area contributed by atoms with E-state index in [-0.39, 0.29) is 0 Å². The molecule has 0 fully saturated rings. The lowest BCUT2D eigenvalue weighted by molar-refractivity contribution is -0.119. The maximum atomic E-state index is 12.9. The third-order valence-electron chi connectivity index (χ3n) is 3.65. The molecule has 5 nitrogen and oxygen atoms in total. The number of thiazole rings is 1. The lowest BCUT2D eigenvalue weighted by atomic mass is 10.1. The van der Waals surface area contributed by atoms with Crippen molar-refractivity contribution in [1.82, 2.24) is 4.98 Å². The maximum absolute atomic E-state index is 12.9. The molecule has 2 aromatic carbocycles. The lowest BCUT2D eigenvalue weighted by Crippen LogP contribution is -2.21. The highest BCUT2D eigenvalue weighted by molar-refractivity contribution is 8.00. The zero-order chi connectivity index (χ0) is 19.9. The highest BCUT2D eigenvalue weighted by Gasteiger charge is 2.15. The molecule has 144 valence electrons. The number of carbonyl (C=O) groups is 2. The standard InChI is InChI=1S/C20H17FN2O3S2/c1-13-11-27-20(22-13)28-12-14-4-2-3-5-17(14)19(25)26-10-18(24)23-16-8-6-15(21)7-9-16/h2-9,11H,10,12H2,1H3,(H,23,24). The van der Waals surface area contributed by atoms with Crippen molar-refractivity contribution >= 4 is 40.7 Å². The number of amides is 1. The van der Waals surface area contributed by atoms with Crippen LogP contribution in [0.25, 0.3) is 0 Å². The van der Waals surface area contributed by atoms with E-state index >= 15 is 0 Å². The van der Waals surface area contributed by atoms with E-state index in [2.05, 4.69) is 10.3 Å². The molecule has 0 atom stereocenters. The molecular formula is C20H17FN2O3S2. The van der Waals surface area contributed by atoms with Crippen molar-refractivity contribution in [3.05, 3.63) is 76.5 Å². The van der Waals surface area contributed by atoms with Gasteiger partial charge in [-0.2, -0.15) is 0 Å². The van der Waals surface area contributed by atoms with Gasteiger partial charge in [0.05, 0.1) is 5.56 Å². The first-order valence-electron chi connectivity index (χ1n) is 8.36. The van der Waals surface area contributed by atoms with Crippen molar-refractivity contribution in [2.45, 2.75) is 17.0 Å². The summed E-state index contributed by atoms with van der Waals surface area (Å²) in [6.07, 6.45) is 0. The quantitative estimate of drug-likeness (QED) is 0.447. The van der Waals surface area contributed by atoms with Gasteiger partial charge in [-0.25, -0.2) is 14.2 Å². The van der Waals surface area contributed by atoms with E-state index in [0.29, 0.717) is 17.0 Å². The second kappa shape index (κ2) is 9.48. The van der Waals surface area contributed by atoms with Crippen LogP contribution in [0.3, 0.4) is 0 Å². The fourth-order valence-corrected chi connectivity index (χ4v) is 4.18. The molecule has 1 N–H and O–H groups in total. The van der Waals surface area contributed by atoms with Gasteiger partial charge in [-0.05, 0) is 42.8 Å². The normalized spacial score (nSPS) is 10.5. The highest BCUT2D eigenvalue weighted by Crippen LogP contribution is 2.27. The first-order valence-corrected chi connectivity index (χ1v) is 10.2. The minimum atomic E-state index is -0.569. The molecule has 3 rings (SSSR count). The summed E-state index contributed by atoms with van der Waals surface area (Å²) < 4.78 is 19.0. The smallest absolute Gasteiger partial charge is 0.338 e. The van der Waals surface area contributed by atoms with Crippen LogP contribution in [-0.2, 0) is 15.3 Å². The first kappa shape index (κ1) is 20.0. The number of esters is 1. The first-order chi connectivity index (χ1) is 13.5. The second-order valence-corrected chi connectivity index (χ2v) is 7.91. The third-order valence-corrected chi connectivity index (χ3v) is 5.84. The van der Waals surface area contributed by atoms with Crippen LogP contribution in [0.2, 0.25) is 0 Å². The number of aromatic nitrogens is 1. The Bertz CT molecular complexity index is 974. The second-order valence-electron chi connectivity index (χ2n) is 5.83. The van der Waals surface area contributed by atoms with E-state index in [1.54, 1.807) is 35.2 Å². The SMILES string of the molecule is Cc1csc(SCc2ccccc2C(=O)OCC(=O)Nc2ccc(F)cc2)n1. The number of nitrogens with one attached hydrogen (secondary N) is 1. The number of aryl methyl sites for hydroxylation is 1. The molecule has 0 saturated carbocycles. The molecule has 0 spiro atoms. The molecule has 0 aliphatic heterocycles. The van der Waals surface area contributed by atoms with Gasteiger partial charge in [-0.3, -0.25) is 4.79 Å². The van der Waals surface area contributed by atoms with E-state index in [4.69, 9.17) is 4.74 Å². The number of halogens is 1. The molecule has 28 heavy (non-hydrogen) atoms. The molecular weight excluding hydrogens is 399 g/mol. The van der Waals surface area contributed by atoms with Gasteiger partial charge in [0.2, 0.25) is 0 Å². The number of thioether (sulfide) groups is 1. The fraction of sp³-hybridized carbons (Fsp3) is 0.150. The van der Waals surface area contributed by atoms with Crippen LogP contribution >= 0.6 is 23.1 Å². The Balaban J connectivity index is 1.56. The summed E-state index contributed by atoms with van der Waals surface area (Å²) in [7, 11) is 0. The molecule has 0 radical (unpaired) electrons. The molecule has 0 aliphatic carbocycles. The number of rotatable bonds is 7. The van der Waals surface area contributed by atoms with E-state index in [1.165, 1.54) is 24.3 Å². The number of nitrogens with zero attached hydrogens (tertiary/aromatic N) is 1. The number of ether oxygens (including phenoxy) is 1. The summed E-state index contributed by atoms with van der Waals surface area (Å²) in [5.41, 5.74) is 2.62. The molecule has 1 amide bonds. The molecule has 1 heterocycles. The number of carbonyl (C=O) groups excluding carboxylic acids is 2. The monoisotopic (exact) mass is 416 g/mol. The molecule has 0 bridgehead atoms. The van der Waals surface area contributed by atoms with Crippen molar-refractivity contribution in [3.8, 4) is 0 Å². The van der Waals surface area contributed by atoms with Crippen LogP contribution in [0.4, 0.5) is 10.1 Å². The van der Waals surface area contributed by atoms with Gasteiger partial charge in [-0.1, -0.05) is 30.0 Å². The van der Waals surface area contributed by atoms with Crippen LogP contribution in [0.5, 0.6) is 0 Å². The summed E-state index contributed by atoms with van der Waals surface area (Å²) in [5, 5.41) is 4.52. The molecule has 1 aromatic heterocycles. The van der Waals surface area contributed by atoms with Crippen molar-refractivity contribution in [3.63, 3.8) is 0 Å². The Hall–Kier alpha value is -2.71. The number of anilines is 1. The lowest BCUT2D eigenvalue weighted by Gasteiger charge is -2.09. The van der Waals surface area contributed by atoms with Crippen molar-refractivity contribution in [2.24, 2.45) is 0 Å². The van der Waals surface area contributed by atoms with E-state index in [1.807, 2.05) is 24.4 Å². The predicted octanol–water partition coefficient (Wildman–Crippen LogP) is 4.68. The van der Waals surface area contributed by atoms with Gasteiger partial charge in [-0.15, -0.1) is 11.3 Å². The van der Waals surface area contributed by atoms with Gasteiger partial charge in [0.25, 0.3) is 5.91 Å². The minimum absolute atomic E-state index is 0.396. The topological polar surface area (TPSA) is 68.3 Å². The Kier molecular flexibility index (Phi) is 6.78. The average Bonchev–Trinajstić information content (AvgIpc) is 3.12. The van der Waals surface area contributed by atoms with Gasteiger partial charge >= 0.3 is 5.97 Å². The summed E-state index contributed by atoms with van der Waals surface area (Å²) in [6, 6.07) is 12.5. The van der Waals surface area contributed by atoms with Crippen molar-refractivity contribution in [1.29, 1.82) is 0 Å². The molecule has 0 unspecified atom stereocenters.